The van der Waals surface area contributed by atoms with Crippen molar-refractivity contribution in [3.63, 3.8) is 0 Å². The molecule has 0 aromatic heterocycles. The highest BCUT2D eigenvalue weighted by Gasteiger charge is 2.30. The van der Waals surface area contributed by atoms with Crippen LogP contribution in [0.3, 0.4) is 0 Å². The zero-order chi connectivity index (χ0) is 20.9. The van der Waals surface area contributed by atoms with Crippen molar-refractivity contribution in [2.75, 3.05) is 13.3 Å². The van der Waals surface area contributed by atoms with Crippen LogP contribution >= 0.6 is 11.8 Å². The van der Waals surface area contributed by atoms with Crippen molar-refractivity contribution in [2.24, 2.45) is 5.92 Å². The third kappa shape index (κ3) is 5.83. The molecule has 2 aromatic carbocycles. The molecule has 0 saturated heterocycles. The number of sulfonamides is 1. The van der Waals surface area contributed by atoms with Gasteiger partial charge >= 0.3 is 0 Å². The molecule has 0 heterocycles. The van der Waals surface area contributed by atoms with Crippen molar-refractivity contribution in [3.05, 3.63) is 59.7 Å². The summed E-state index contributed by atoms with van der Waals surface area (Å²) in [6, 6.07) is 13.7. The molecule has 0 fully saturated rings. The van der Waals surface area contributed by atoms with Gasteiger partial charge < -0.3 is 4.90 Å². The van der Waals surface area contributed by atoms with Gasteiger partial charge in [0.1, 0.15) is 6.04 Å². The van der Waals surface area contributed by atoms with Gasteiger partial charge in [-0.3, -0.25) is 4.79 Å². The molecule has 28 heavy (non-hydrogen) atoms. The second kappa shape index (κ2) is 9.58. The number of hydrogen-bond donors (Lipinski definition) is 1. The van der Waals surface area contributed by atoms with Crippen molar-refractivity contribution in [1.82, 2.24) is 9.62 Å². The van der Waals surface area contributed by atoms with E-state index in [-0.39, 0.29) is 16.7 Å². The fourth-order valence-electron chi connectivity index (χ4n) is 2.74. The number of amides is 1. The summed E-state index contributed by atoms with van der Waals surface area (Å²) >= 11 is 1.66. The van der Waals surface area contributed by atoms with Gasteiger partial charge in [-0.2, -0.15) is 4.72 Å². The van der Waals surface area contributed by atoms with Gasteiger partial charge in [0, 0.05) is 18.5 Å². The van der Waals surface area contributed by atoms with Gasteiger partial charge in [-0.1, -0.05) is 43.7 Å². The van der Waals surface area contributed by atoms with Gasteiger partial charge in [-0.25, -0.2) is 8.42 Å². The number of nitrogens with zero attached hydrogens (tertiary/aromatic N) is 1. The number of benzene rings is 2. The van der Waals surface area contributed by atoms with E-state index in [1.165, 1.54) is 0 Å². The van der Waals surface area contributed by atoms with Crippen LogP contribution < -0.4 is 4.72 Å². The Labute approximate surface area is 172 Å². The number of aryl methyl sites for hydroxylation is 1. The van der Waals surface area contributed by atoms with Crippen LogP contribution in [0.4, 0.5) is 0 Å². The fraction of sp³-hybridized carbons (Fsp3) is 0.381. The minimum Gasteiger partial charge on any atom is -0.340 e. The third-order valence-electron chi connectivity index (χ3n) is 4.50. The molecule has 0 aliphatic heterocycles. The van der Waals surface area contributed by atoms with E-state index in [1.807, 2.05) is 51.3 Å². The molecule has 0 unspecified atom stereocenters. The summed E-state index contributed by atoms with van der Waals surface area (Å²) in [5.74, 6) is -0.436. The number of carbonyl (C=O) groups is 1. The van der Waals surface area contributed by atoms with Crippen molar-refractivity contribution in [1.29, 1.82) is 0 Å². The van der Waals surface area contributed by atoms with Gasteiger partial charge in [0.25, 0.3) is 0 Å². The summed E-state index contributed by atoms with van der Waals surface area (Å²) in [5.41, 5.74) is 1.97. The molecule has 1 atom stereocenters. The molecule has 7 heteroatoms. The maximum absolute atomic E-state index is 13.0. The minimum absolute atomic E-state index is 0.159. The van der Waals surface area contributed by atoms with E-state index < -0.39 is 16.1 Å². The maximum atomic E-state index is 13.0. The molecular formula is C21H28N2O3S2. The first-order valence-electron chi connectivity index (χ1n) is 9.11. The zero-order valence-electron chi connectivity index (χ0n) is 17.0. The molecule has 5 nitrogen and oxygen atoms in total. The highest BCUT2D eigenvalue weighted by atomic mass is 32.2. The van der Waals surface area contributed by atoms with Crippen LogP contribution in [0.15, 0.2) is 58.3 Å². The molecule has 152 valence electrons. The molecule has 2 aromatic rings. The second-order valence-corrected chi connectivity index (χ2v) is 9.79. The predicted molar refractivity (Wildman–Crippen MR) is 115 cm³/mol. The molecule has 0 aliphatic carbocycles. The van der Waals surface area contributed by atoms with E-state index in [9.17, 15) is 13.2 Å². The molecule has 1 amide bonds. The molecule has 0 spiro atoms. The van der Waals surface area contributed by atoms with Crippen LogP contribution in [0.5, 0.6) is 0 Å². The highest BCUT2D eigenvalue weighted by Crippen LogP contribution is 2.17. The first-order chi connectivity index (χ1) is 13.1. The van der Waals surface area contributed by atoms with Gasteiger partial charge in [-0.15, -0.1) is 11.8 Å². The Balaban J connectivity index is 2.14. The van der Waals surface area contributed by atoms with E-state index >= 15 is 0 Å². The number of rotatable bonds is 8. The predicted octanol–water partition coefficient (Wildman–Crippen LogP) is 3.68. The molecule has 2 rings (SSSR count). The standard InChI is InChI=1S/C21H28N2O3S2/c1-15(2)20(22-28(25,26)19-12-6-16(3)7-13-19)21(24)23(4)14-17-8-10-18(27-5)11-9-17/h6-13,15,20,22H,14H2,1-5H3/t20-/m0/s1. The second-order valence-electron chi connectivity index (χ2n) is 7.20. The molecular weight excluding hydrogens is 392 g/mol. The summed E-state index contributed by atoms with van der Waals surface area (Å²) in [4.78, 5) is 15.9. The Bertz CT molecular complexity index is 892. The number of nitrogens with one attached hydrogen (secondary N) is 1. The highest BCUT2D eigenvalue weighted by molar-refractivity contribution is 7.98. The Morgan fingerprint density at radius 3 is 2.14 bits per heavy atom. The molecule has 0 radical (unpaired) electrons. The zero-order valence-corrected chi connectivity index (χ0v) is 18.6. The largest absolute Gasteiger partial charge is 0.340 e. The third-order valence-corrected chi connectivity index (χ3v) is 6.70. The van der Waals surface area contributed by atoms with E-state index in [1.54, 1.807) is 48.0 Å². The summed E-state index contributed by atoms with van der Waals surface area (Å²) in [5, 5.41) is 0. The van der Waals surface area contributed by atoms with Gasteiger partial charge in [-0.05, 0) is 48.9 Å². The van der Waals surface area contributed by atoms with Crippen molar-refractivity contribution in [2.45, 2.75) is 43.1 Å². The lowest BCUT2D eigenvalue weighted by atomic mass is 10.0. The minimum atomic E-state index is -3.78. The molecule has 0 aliphatic rings. The first kappa shape index (κ1) is 22.5. The lowest BCUT2D eigenvalue weighted by molar-refractivity contribution is -0.133. The fourth-order valence-corrected chi connectivity index (χ4v) is 4.49. The molecule has 1 N–H and O–H groups in total. The molecule has 0 saturated carbocycles. The van der Waals surface area contributed by atoms with Crippen LogP contribution in [0.1, 0.15) is 25.0 Å². The monoisotopic (exact) mass is 420 g/mol. The van der Waals surface area contributed by atoms with Gasteiger partial charge in [0.2, 0.25) is 15.9 Å². The Morgan fingerprint density at radius 1 is 1.07 bits per heavy atom. The Morgan fingerprint density at radius 2 is 1.64 bits per heavy atom. The van der Waals surface area contributed by atoms with Gasteiger partial charge in [0.05, 0.1) is 4.90 Å². The van der Waals surface area contributed by atoms with E-state index in [2.05, 4.69) is 4.72 Å². The quantitative estimate of drug-likeness (QED) is 0.662. The van der Waals surface area contributed by atoms with Crippen LogP contribution in [-0.4, -0.2) is 38.6 Å². The topological polar surface area (TPSA) is 66.5 Å². The van der Waals surface area contributed by atoms with Crippen molar-refractivity contribution in [3.8, 4) is 0 Å². The lowest BCUT2D eigenvalue weighted by Gasteiger charge is -2.27. The van der Waals surface area contributed by atoms with Crippen LogP contribution in [0.2, 0.25) is 0 Å². The lowest BCUT2D eigenvalue weighted by Crippen LogP contribution is -2.49. The Hall–Kier alpha value is -1.83. The van der Waals surface area contributed by atoms with E-state index in [4.69, 9.17) is 0 Å². The van der Waals surface area contributed by atoms with Crippen LogP contribution in [0, 0.1) is 12.8 Å². The van der Waals surface area contributed by atoms with E-state index in [0.29, 0.717) is 6.54 Å². The summed E-state index contributed by atoms with van der Waals surface area (Å²) < 4.78 is 28.1. The average molecular weight is 421 g/mol. The maximum Gasteiger partial charge on any atom is 0.241 e. The SMILES string of the molecule is CSc1ccc(CN(C)C(=O)[C@@H](NS(=O)(=O)c2ccc(C)cc2)C(C)C)cc1. The number of likely N-dealkylation sites (N-methyl/N-ethyl adjacent to an activating group) is 1. The van der Waals surface area contributed by atoms with Gasteiger partial charge in [0.15, 0.2) is 0 Å². The average Bonchev–Trinajstić information content (AvgIpc) is 2.66. The van der Waals surface area contributed by atoms with Crippen molar-refractivity contribution >= 4 is 27.7 Å². The normalized spacial score (nSPS) is 12.8. The van der Waals surface area contributed by atoms with Crippen LogP contribution in [0.25, 0.3) is 0 Å². The molecule has 0 bridgehead atoms. The number of hydrogen-bond acceptors (Lipinski definition) is 4. The van der Waals surface area contributed by atoms with Crippen molar-refractivity contribution < 1.29 is 13.2 Å². The summed E-state index contributed by atoms with van der Waals surface area (Å²) in [7, 11) is -2.09. The first-order valence-corrected chi connectivity index (χ1v) is 11.8. The van der Waals surface area contributed by atoms with Crippen LogP contribution in [-0.2, 0) is 21.4 Å². The van der Waals surface area contributed by atoms with E-state index in [0.717, 1.165) is 16.0 Å². The summed E-state index contributed by atoms with van der Waals surface area (Å²) in [6.45, 7) is 5.98. The number of carbonyl (C=O) groups excluding carboxylic acids is 1. The smallest absolute Gasteiger partial charge is 0.241 e. The summed E-state index contributed by atoms with van der Waals surface area (Å²) in [6.07, 6.45) is 2.01. The Kier molecular flexibility index (Phi) is 7.69. The number of thioether (sulfide) groups is 1.